The van der Waals surface area contributed by atoms with Crippen LogP contribution in [0.3, 0.4) is 0 Å². The van der Waals surface area contributed by atoms with Crippen LogP contribution in [0, 0.1) is 18.6 Å². The Morgan fingerprint density at radius 3 is 2.55 bits per heavy atom. The van der Waals surface area contributed by atoms with E-state index in [0.717, 1.165) is 12.1 Å². The number of benzene rings is 1. The molecule has 0 spiro atoms. The Kier molecular flexibility index (Phi) is 4.18. The lowest BCUT2D eigenvalue weighted by Gasteiger charge is -2.14. The Morgan fingerprint density at radius 1 is 1.25 bits per heavy atom. The van der Waals surface area contributed by atoms with Crippen molar-refractivity contribution in [2.45, 2.75) is 39.8 Å². The van der Waals surface area contributed by atoms with Crippen LogP contribution < -0.4 is 0 Å². The van der Waals surface area contributed by atoms with Crippen LogP contribution in [0.5, 0.6) is 0 Å². The first-order chi connectivity index (χ1) is 9.49. The Balaban J connectivity index is 2.48. The van der Waals surface area contributed by atoms with Gasteiger partial charge in [-0.2, -0.15) is 5.10 Å². The number of aliphatic hydroxyl groups excluding tert-OH is 1. The van der Waals surface area contributed by atoms with Gasteiger partial charge in [0, 0.05) is 12.1 Å². The predicted molar refractivity (Wildman–Crippen MR) is 72.4 cm³/mol. The van der Waals surface area contributed by atoms with E-state index in [1.54, 1.807) is 10.7 Å². The summed E-state index contributed by atoms with van der Waals surface area (Å²) in [5.74, 6) is -1.92. The molecule has 5 heteroatoms. The van der Waals surface area contributed by atoms with Crippen molar-refractivity contribution in [3.05, 3.63) is 52.3 Å². The van der Waals surface area contributed by atoms with Gasteiger partial charge in [-0.05, 0) is 31.9 Å². The van der Waals surface area contributed by atoms with Gasteiger partial charge in [-0.15, -0.1) is 0 Å². The molecule has 1 atom stereocenters. The second-order valence-corrected chi connectivity index (χ2v) is 4.73. The maximum Gasteiger partial charge on any atom is 0.165 e. The molecule has 20 heavy (non-hydrogen) atoms. The van der Waals surface area contributed by atoms with Crippen LogP contribution in [0.25, 0.3) is 0 Å². The van der Waals surface area contributed by atoms with E-state index in [1.165, 1.54) is 19.1 Å². The van der Waals surface area contributed by atoms with Gasteiger partial charge >= 0.3 is 0 Å². The van der Waals surface area contributed by atoms with Gasteiger partial charge in [0.25, 0.3) is 0 Å². The summed E-state index contributed by atoms with van der Waals surface area (Å²) in [6.45, 7) is 5.88. The predicted octanol–water partition coefficient (Wildman–Crippen LogP) is 3.13. The Morgan fingerprint density at radius 2 is 1.95 bits per heavy atom. The summed E-state index contributed by atoms with van der Waals surface area (Å²) in [5, 5.41) is 14.6. The van der Waals surface area contributed by atoms with Gasteiger partial charge in [0.05, 0.1) is 11.4 Å². The van der Waals surface area contributed by atoms with Crippen molar-refractivity contribution < 1.29 is 13.9 Å². The normalized spacial score (nSPS) is 12.7. The molecule has 0 bridgehead atoms. The van der Waals surface area contributed by atoms with E-state index in [4.69, 9.17) is 0 Å². The minimum Gasteiger partial charge on any atom is -0.382 e. The fourth-order valence-electron chi connectivity index (χ4n) is 2.16. The maximum atomic E-state index is 14.0. The highest BCUT2D eigenvalue weighted by Gasteiger charge is 2.22. The topological polar surface area (TPSA) is 38.0 Å². The number of aryl methyl sites for hydroxylation is 3. The molecule has 0 fully saturated rings. The van der Waals surface area contributed by atoms with Crippen molar-refractivity contribution in [3.8, 4) is 0 Å². The summed E-state index contributed by atoms with van der Waals surface area (Å²) in [6, 6.07) is 4.60. The molecular formula is C15H18F2N2O. The molecule has 0 saturated heterocycles. The highest BCUT2D eigenvalue weighted by molar-refractivity contribution is 5.32. The fourth-order valence-corrected chi connectivity index (χ4v) is 2.16. The lowest BCUT2D eigenvalue weighted by molar-refractivity contribution is 0.201. The summed E-state index contributed by atoms with van der Waals surface area (Å²) in [7, 11) is 0. The van der Waals surface area contributed by atoms with Crippen LogP contribution in [0.15, 0.2) is 18.2 Å². The quantitative estimate of drug-likeness (QED) is 0.934. The largest absolute Gasteiger partial charge is 0.382 e. The molecule has 1 aromatic carbocycles. The van der Waals surface area contributed by atoms with Crippen LogP contribution in [0.2, 0.25) is 0 Å². The fraction of sp³-hybridized carbons (Fsp3) is 0.400. The van der Waals surface area contributed by atoms with E-state index in [1.807, 2.05) is 13.8 Å². The average Bonchev–Trinajstić information content (AvgIpc) is 2.87. The van der Waals surface area contributed by atoms with Crippen LogP contribution in [0.1, 0.15) is 42.5 Å². The number of rotatable bonds is 4. The first kappa shape index (κ1) is 14.7. The molecule has 1 N–H and O–H groups in total. The number of aliphatic hydroxyl groups is 1. The van der Waals surface area contributed by atoms with Gasteiger partial charge in [-0.3, -0.25) is 4.68 Å². The van der Waals surface area contributed by atoms with Gasteiger partial charge in [-0.25, -0.2) is 8.78 Å². The van der Waals surface area contributed by atoms with E-state index in [2.05, 4.69) is 5.10 Å². The zero-order valence-electron chi connectivity index (χ0n) is 11.8. The molecule has 1 aromatic heterocycles. The van der Waals surface area contributed by atoms with Gasteiger partial charge in [0.15, 0.2) is 11.6 Å². The molecular weight excluding hydrogens is 262 g/mol. The molecule has 0 aliphatic carbocycles. The number of nitrogens with zero attached hydrogens (tertiary/aromatic N) is 2. The summed E-state index contributed by atoms with van der Waals surface area (Å²) in [6.07, 6.45) is -0.505. The van der Waals surface area contributed by atoms with Crippen molar-refractivity contribution in [1.29, 1.82) is 0 Å². The van der Waals surface area contributed by atoms with E-state index < -0.39 is 17.7 Å². The number of halogens is 2. The van der Waals surface area contributed by atoms with Gasteiger partial charge in [0.1, 0.15) is 6.10 Å². The lowest BCUT2D eigenvalue weighted by atomic mass is 10.0. The highest BCUT2D eigenvalue weighted by atomic mass is 19.2. The number of hydrogen-bond donors (Lipinski definition) is 1. The Labute approximate surface area is 116 Å². The first-order valence-corrected chi connectivity index (χ1v) is 6.68. The lowest BCUT2D eigenvalue weighted by Crippen LogP contribution is -2.11. The number of aromatic nitrogens is 2. The second kappa shape index (κ2) is 5.71. The molecule has 0 amide bonds. The van der Waals surface area contributed by atoms with E-state index in [0.29, 0.717) is 12.2 Å². The second-order valence-electron chi connectivity index (χ2n) is 4.73. The van der Waals surface area contributed by atoms with E-state index in [-0.39, 0.29) is 11.1 Å². The molecule has 2 aromatic rings. The molecule has 0 aliphatic rings. The van der Waals surface area contributed by atoms with E-state index >= 15 is 0 Å². The van der Waals surface area contributed by atoms with Crippen molar-refractivity contribution >= 4 is 0 Å². The zero-order valence-corrected chi connectivity index (χ0v) is 11.8. The molecule has 1 unspecified atom stereocenters. The van der Waals surface area contributed by atoms with Gasteiger partial charge in [0.2, 0.25) is 0 Å². The molecule has 0 saturated carbocycles. The van der Waals surface area contributed by atoms with Crippen molar-refractivity contribution in [2.75, 3.05) is 0 Å². The van der Waals surface area contributed by atoms with Gasteiger partial charge < -0.3 is 5.11 Å². The van der Waals surface area contributed by atoms with Crippen LogP contribution >= 0.6 is 0 Å². The number of hydrogen-bond acceptors (Lipinski definition) is 2. The van der Waals surface area contributed by atoms with Crippen molar-refractivity contribution in [2.24, 2.45) is 0 Å². The molecule has 0 aliphatic heterocycles. The summed E-state index contributed by atoms with van der Waals surface area (Å²) < 4.78 is 29.2. The summed E-state index contributed by atoms with van der Waals surface area (Å²) >= 11 is 0. The van der Waals surface area contributed by atoms with Crippen LogP contribution in [0.4, 0.5) is 8.78 Å². The van der Waals surface area contributed by atoms with E-state index in [9.17, 15) is 13.9 Å². The van der Waals surface area contributed by atoms with Crippen molar-refractivity contribution in [3.63, 3.8) is 0 Å². The SMILES string of the molecule is CCc1cc(C(O)c2ccc(C)c(F)c2F)n(CC)n1. The molecule has 1 heterocycles. The monoisotopic (exact) mass is 280 g/mol. The highest BCUT2D eigenvalue weighted by Crippen LogP contribution is 2.27. The molecule has 0 radical (unpaired) electrons. The Bertz CT molecular complexity index is 623. The molecule has 2 rings (SSSR count). The first-order valence-electron chi connectivity index (χ1n) is 6.68. The van der Waals surface area contributed by atoms with Gasteiger partial charge in [-0.1, -0.05) is 19.1 Å². The third kappa shape index (κ3) is 2.45. The summed E-state index contributed by atoms with van der Waals surface area (Å²) in [4.78, 5) is 0. The minimum atomic E-state index is -1.22. The third-order valence-corrected chi connectivity index (χ3v) is 3.40. The molecule has 108 valence electrons. The summed E-state index contributed by atoms with van der Waals surface area (Å²) in [5.41, 5.74) is 1.45. The van der Waals surface area contributed by atoms with Crippen LogP contribution in [-0.4, -0.2) is 14.9 Å². The third-order valence-electron chi connectivity index (χ3n) is 3.40. The van der Waals surface area contributed by atoms with Crippen LogP contribution in [-0.2, 0) is 13.0 Å². The Hall–Kier alpha value is -1.75. The average molecular weight is 280 g/mol. The standard InChI is InChI=1S/C15H18F2N2O/c1-4-10-8-12(19(5-2)18-10)15(20)11-7-6-9(3)13(16)14(11)17/h6-8,15,20H,4-5H2,1-3H3. The molecule has 3 nitrogen and oxygen atoms in total. The van der Waals surface area contributed by atoms with Crippen molar-refractivity contribution in [1.82, 2.24) is 9.78 Å². The smallest absolute Gasteiger partial charge is 0.165 e. The zero-order chi connectivity index (χ0) is 14.9. The maximum absolute atomic E-state index is 14.0. The minimum absolute atomic E-state index is 0.0645.